The Morgan fingerprint density at radius 3 is 2.52 bits per heavy atom. The van der Waals surface area contributed by atoms with E-state index in [2.05, 4.69) is 20.8 Å². The van der Waals surface area contributed by atoms with Crippen molar-refractivity contribution in [2.75, 3.05) is 5.43 Å². The van der Waals surface area contributed by atoms with Gasteiger partial charge in [-0.1, -0.05) is 12.1 Å². The van der Waals surface area contributed by atoms with Crippen LogP contribution in [0.5, 0.6) is 0 Å². The Hall–Kier alpha value is -3.55. The zero-order valence-corrected chi connectivity index (χ0v) is 11.8. The number of nitro benzene ring substituents is 1. The summed E-state index contributed by atoms with van der Waals surface area (Å²) in [4.78, 5) is 30.3. The average Bonchev–Trinajstić information content (AvgIpc) is 2.59. The van der Waals surface area contributed by atoms with Crippen molar-refractivity contribution in [2.45, 2.75) is 0 Å². The predicted molar refractivity (Wildman–Crippen MR) is 83.7 cm³/mol. The fourth-order valence-electron chi connectivity index (χ4n) is 2.03. The number of fused-ring (bicyclic) bond motifs is 1. The lowest BCUT2D eigenvalue weighted by molar-refractivity contribution is -0.384. The molecule has 3 rings (SSSR count). The van der Waals surface area contributed by atoms with Crippen LogP contribution >= 0.6 is 0 Å². The molecule has 23 heavy (non-hydrogen) atoms. The Morgan fingerprint density at radius 2 is 1.78 bits per heavy atom. The summed E-state index contributed by atoms with van der Waals surface area (Å²) in [6.07, 6.45) is 1.39. The molecule has 0 atom stereocenters. The third-order valence-corrected chi connectivity index (χ3v) is 3.18. The summed E-state index contributed by atoms with van der Waals surface area (Å²) in [5, 5.41) is 11.4. The van der Waals surface area contributed by atoms with Gasteiger partial charge in [-0.15, -0.1) is 0 Å². The molecule has 0 fully saturated rings. The number of amides is 1. The Balaban J connectivity index is 1.74. The number of aromatic nitrogens is 2. The average molecular weight is 309 g/mol. The number of carbonyl (C=O) groups is 1. The minimum absolute atomic E-state index is 0.0729. The fraction of sp³-hybridized carbons (Fsp3) is 0. The molecular weight excluding hydrogens is 298 g/mol. The SMILES string of the molecule is O=C(NNc1ncnc2ccccc12)c1ccc([N+](=O)[O-])cc1. The second-order valence-corrected chi connectivity index (χ2v) is 4.62. The highest BCUT2D eigenvalue weighted by molar-refractivity contribution is 5.96. The number of nitrogens with zero attached hydrogens (tertiary/aromatic N) is 3. The maximum atomic E-state index is 12.0. The van der Waals surface area contributed by atoms with Gasteiger partial charge in [0.1, 0.15) is 6.33 Å². The Bertz CT molecular complexity index is 874. The minimum atomic E-state index is -0.521. The lowest BCUT2D eigenvalue weighted by atomic mass is 10.2. The third-order valence-electron chi connectivity index (χ3n) is 3.18. The van der Waals surface area contributed by atoms with Crippen molar-refractivity contribution in [3.63, 3.8) is 0 Å². The summed E-state index contributed by atoms with van der Waals surface area (Å²) in [5.41, 5.74) is 6.21. The number of nitro groups is 1. The van der Waals surface area contributed by atoms with Gasteiger partial charge in [-0.05, 0) is 24.3 Å². The van der Waals surface area contributed by atoms with Gasteiger partial charge in [0.25, 0.3) is 11.6 Å². The van der Waals surface area contributed by atoms with Crippen molar-refractivity contribution in [3.8, 4) is 0 Å². The largest absolute Gasteiger partial charge is 0.281 e. The van der Waals surface area contributed by atoms with Crippen LogP contribution in [0.4, 0.5) is 11.5 Å². The number of hydrogen-bond donors (Lipinski definition) is 2. The maximum Gasteiger partial charge on any atom is 0.269 e. The second-order valence-electron chi connectivity index (χ2n) is 4.62. The molecular formula is C15H11N5O3. The molecule has 0 saturated carbocycles. The van der Waals surface area contributed by atoms with Gasteiger partial charge in [0.05, 0.1) is 10.4 Å². The lowest BCUT2D eigenvalue weighted by Gasteiger charge is -2.09. The van der Waals surface area contributed by atoms with E-state index in [0.717, 1.165) is 10.9 Å². The molecule has 1 aromatic heterocycles. The van der Waals surface area contributed by atoms with Crippen molar-refractivity contribution >= 4 is 28.3 Å². The first-order chi connectivity index (χ1) is 11.1. The van der Waals surface area contributed by atoms with Gasteiger partial charge in [-0.25, -0.2) is 9.97 Å². The monoisotopic (exact) mass is 309 g/mol. The van der Waals surface area contributed by atoms with E-state index in [4.69, 9.17) is 0 Å². The second kappa shape index (κ2) is 6.06. The summed E-state index contributed by atoms with van der Waals surface area (Å²) < 4.78 is 0. The van der Waals surface area contributed by atoms with Crippen molar-refractivity contribution in [2.24, 2.45) is 0 Å². The van der Waals surface area contributed by atoms with E-state index in [1.54, 1.807) is 0 Å². The number of rotatable bonds is 4. The number of carbonyl (C=O) groups excluding carboxylic acids is 1. The molecule has 0 saturated heterocycles. The topological polar surface area (TPSA) is 110 Å². The number of non-ortho nitro benzene ring substituents is 1. The smallest absolute Gasteiger partial charge is 0.269 e. The standard InChI is InChI=1S/C15H11N5O3/c21-15(10-5-7-11(8-6-10)20(22)23)19-18-14-12-3-1-2-4-13(12)16-9-17-14/h1-9H,(H,19,21)(H,16,17,18). The summed E-state index contributed by atoms with van der Waals surface area (Å²) in [6, 6.07) is 12.7. The first-order valence-corrected chi connectivity index (χ1v) is 6.66. The number of anilines is 1. The molecule has 8 heteroatoms. The van der Waals surface area contributed by atoms with Crippen LogP contribution in [0.2, 0.25) is 0 Å². The lowest BCUT2D eigenvalue weighted by Crippen LogP contribution is -2.29. The molecule has 0 aliphatic rings. The molecule has 0 aliphatic carbocycles. The molecule has 8 nitrogen and oxygen atoms in total. The van der Waals surface area contributed by atoms with E-state index in [1.165, 1.54) is 30.6 Å². The first kappa shape index (κ1) is 14.4. The highest BCUT2D eigenvalue weighted by Crippen LogP contribution is 2.17. The van der Waals surface area contributed by atoms with Crippen LogP contribution in [0.25, 0.3) is 10.9 Å². The van der Waals surface area contributed by atoms with E-state index >= 15 is 0 Å². The molecule has 0 unspecified atom stereocenters. The zero-order chi connectivity index (χ0) is 16.2. The molecule has 2 aromatic carbocycles. The fourth-order valence-corrected chi connectivity index (χ4v) is 2.03. The van der Waals surface area contributed by atoms with Crippen LogP contribution in [0, 0.1) is 10.1 Å². The maximum absolute atomic E-state index is 12.0. The van der Waals surface area contributed by atoms with Gasteiger partial charge in [0.2, 0.25) is 0 Å². The molecule has 0 spiro atoms. The van der Waals surface area contributed by atoms with Crippen LogP contribution in [0.15, 0.2) is 54.9 Å². The number of hydrazine groups is 1. The van der Waals surface area contributed by atoms with Crippen molar-refractivity contribution in [3.05, 3.63) is 70.5 Å². The predicted octanol–water partition coefficient (Wildman–Crippen LogP) is 2.29. The summed E-state index contributed by atoms with van der Waals surface area (Å²) in [6.45, 7) is 0. The van der Waals surface area contributed by atoms with Gasteiger partial charge in [0.15, 0.2) is 5.82 Å². The van der Waals surface area contributed by atoms with E-state index in [9.17, 15) is 14.9 Å². The molecule has 1 amide bonds. The summed E-state index contributed by atoms with van der Waals surface area (Å²) in [7, 11) is 0. The van der Waals surface area contributed by atoms with Crippen LogP contribution in [0.1, 0.15) is 10.4 Å². The first-order valence-electron chi connectivity index (χ1n) is 6.66. The van der Waals surface area contributed by atoms with Crippen molar-refractivity contribution in [1.82, 2.24) is 15.4 Å². The van der Waals surface area contributed by atoms with Crippen molar-refractivity contribution < 1.29 is 9.72 Å². The van der Waals surface area contributed by atoms with Gasteiger partial charge in [-0.2, -0.15) is 0 Å². The van der Waals surface area contributed by atoms with Gasteiger partial charge >= 0.3 is 0 Å². The van der Waals surface area contributed by atoms with E-state index in [1.807, 2.05) is 24.3 Å². The molecule has 0 radical (unpaired) electrons. The number of nitrogens with one attached hydrogen (secondary N) is 2. The van der Waals surface area contributed by atoms with E-state index in [0.29, 0.717) is 11.4 Å². The number of para-hydroxylation sites is 1. The zero-order valence-electron chi connectivity index (χ0n) is 11.8. The van der Waals surface area contributed by atoms with Crippen LogP contribution in [0.3, 0.4) is 0 Å². The van der Waals surface area contributed by atoms with E-state index in [-0.39, 0.29) is 5.69 Å². The van der Waals surface area contributed by atoms with Gasteiger partial charge < -0.3 is 0 Å². The van der Waals surface area contributed by atoms with Crippen LogP contribution in [-0.2, 0) is 0 Å². The Labute approximate surface area is 130 Å². The Morgan fingerprint density at radius 1 is 1.04 bits per heavy atom. The summed E-state index contributed by atoms with van der Waals surface area (Å²) in [5.74, 6) is 0.0356. The summed E-state index contributed by atoms with van der Waals surface area (Å²) >= 11 is 0. The van der Waals surface area contributed by atoms with Crippen LogP contribution < -0.4 is 10.9 Å². The highest BCUT2D eigenvalue weighted by Gasteiger charge is 2.10. The third kappa shape index (κ3) is 3.05. The van der Waals surface area contributed by atoms with Crippen molar-refractivity contribution in [1.29, 1.82) is 0 Å². The minimum Gasteiger partial charge on any atom is -0.281 e. The number of benzene rings is 2. The van der Waals surface area contributed by atoms with Gasteiger partial charge in [0, 0.05) is 23.1 Å². The van der Waals surface area contributed by atoms with Gasteiger partial charge in [-0.3, -0.25) is 25.8 Å². The number of hydrogen-bond acceptors (Lipinski definition) is 6. The normalized spacial score (nSPS) is 10.3. The Kier molecular flexibility index (Phi) is 3.79. The molecule has 0 aliphatic heterocycles. The van der Waals surface area contributed by atoms with E-state index < -0.39 is 10.8 Å². The molecule has 3 aromatic rings. The highest BCUT2D eigenvalue weighted by atomic mass is 16.6. The molecule has 1 heterocycles. The molecule has 2 N–H and O–H groups in total. The molecule has 114 valence electrons. The molecule has 0 bridgehead atoms. The quantitative estimate of drug-likeness (QED) is 0.565. The van der Waals surface area contributed by atoms with Crippen LogP contribution in [-0.4, -0.2) is 20.8 Å².